The van der Waals surface area contributed by atoms with Crippen LogP contribution in [0.15, 0.2) is 35.5 Å². The maximum Gasteiger partial charge on any atom is 0.142 e. The minimum Gasteiger partial charge on any atom is -0.411 e. The normalized spacial score (nSPS) is 26.2. The molecule has 1 aromatic rings. The van der Waals surface area contributed by atoms with Crippen molar-refractivity contribution >= 4 is 11.5 Å². The second kappa shape index (κ2) is 19.6. The summed E-state index contributed by atoms with van der Waals surface area (Å²) in [6.07, 6.45) is 21.5. The number of rotatable bonds is 22. The molecular formula is C38H66N2O3. The average Bonchev–Trinajstić information content (AvgIpc) is 3.02. The standard InChI is InChI=1S/C38H66N2O3/c1-8-11-12-13-14-15-16-17-18-19-20-21-22-23-27-30-34(41)35-31(4)37(6,9-2)40(38(7,10-3)36(35)39-42)43-32(5)33-28-25-24-26-29-33/h24-26,28-29,31-32,35,42H,8-23,27,30H2,1-7H3/b39-36+. The van der Waals surface area contributed by atoms with Gasteiger partial charge in [-0.3, -0.25) is 9.63 Å². The van der Waals surface area contributed by atoms with E-state index in [0.29, 0.717) is 18.6 Å². The van der Waals surface area contributed by atoms with Crippen LogP contribution >= 0.6 is 0 Å². The van der Waals surface area contributed by atoms with Crippen LogP contribution in [-0.2, 0) is 9.63 Å². The molecule has 1 aromatic carbocycles. The minimum atomic E-state index is -0.690. The number of oxime groups is 1. The van der Waals surface area contributed by atoms with Crippen molar-refractivity contribution in [1.82, 2.24) is 5.06 Å². The van der Waals surface area contributed by atoms with Crippen molar-refractivity contribution in [2.45, 2.75) is 181 Å². The van der Waals surface area contributed by atoms with Crippen molar-refractivity contribution in [1.29, 1.82) is 0 Å². The Morgan fingerprint density at radius 2 is 1.33 bits per heavy atom. The van der Waals surface area contributed by atoms with Crippen molar-refractivity contribution < 1.29 is 14.8 Å². The highest BCUT2D eigenvalue weighted by Crippen LogP contribution is 2.49. The molecule has 0 aromatic heterocycles. The smallest absolute Gasteiger partial charge is 0.142 e. The lowest BCUT2D eigenvalue weighted by Crippen LogP contribution is -2.71. The van der Waals surface area contributed by atoms with Gasteiger partial charge in [-0.25, -0.2) is 0 Å². The van der Waals surface area contributed by atoms with Crippen LogP contribution in [0, 0.1) is 11.8 Å². The van der Waals surface area contributed by atoms with Crippen molar-refractivity contribution in [3.8, 4) is 0 Å². The number of Topliss-reactive ketones (excluding diaryl/α,β-unsaturated/α-hetero) is 1. The van der Waals surface area contributed by atoms with Crippen LogP contribution in [0.1, 0.15) is 176 Å². The number of piperidine rings is 1. The molecule has 1 heterocycles. The molecule has 5 unspecified atom stereocenters. The summed E-state index contributed by atoms with van der Waals surface area (Å²) >= 11 is 0. The largest absolute Gasteiger partial charge is 0.411 e. The summed E-state index contributed by atoms with van der Waals surface area (Å²) in [6.45, 7) is 15.0. The molecule has 1 aliphatic heterocycles. The minimum absolute atomic E-state index is 0.0464. The van der Waals surface area contributed by atoms with Crippen LogP contribution in [0.3, 0.4) is 0 Å². The molecule has 246 valence electrons. The Labute approximate surface area is 265 Å². The molecule has 5 heteroatoms. The molecule has 1 aliphatic rings. The highest BCUT2D eigenvalue weighted by molar-refractivity contribution is 6.10. The van der Waals surface area contributed by atoms with Gasteiger partial charge < -0.3 is 5.21 Å². The first-order chi connectivity index (χ1) is 20.7. The first-order valence-corrected chi connectivity index (χ1v) is 18.0. The lowest BCUT2D eigenvalue weighted by molar-refractivity contribution is -0.304. The highest BCUT2D eigenvalue weighted by atomic mass is 16.7. The van der Waals surface area contributed by atoms with Gasteiger partial charge in [0.25, 0.3) is 0 Å². The number of ketones is 1. The van der Waals surface area contributed by atoms with Crippen molar-refractivity contribution in [3.63, 3.8) is 0 Å². The molecule has 1 N–H and O–H groups in total. The van der Waals surface area contributed by atoms with Gasteiger partial charge in [-0.2, -0.15) is 5.06 Å². The number of unbranched alkanes of at least 4 members (excludes halogenated alkanes) is 14. The van der Waals surface area contributed by atoms with Gasteiger partial charge in [0.15, 0.2) is 0 Å². The summed E-state index contributed by atoms with van der Waals surface area (Å²) in [5, 5.41) is 16.3. The lowest BCUT2D eigenvalue weighted by Gasteiger charge is -2.59. The SMILES string of the molecule is CCCCCCCCCCCCCCCCCC(=O)C1/C(=N\O)C(C)(CC)N(OC(C)c2ccccc2)C(C)(CC)C1C. The van der Waals surface area contributed by atoms with E-state index in [0.717, 1.165) is 24.8 Å². The number of hydrogen-bond donors (Lipinski definition) is 1. The van der Waals surface area contributed by atoms with Gasteiger partial charge in [-0.05, 0) is 51.5 Å². The second-order valence-corrected chi connectivity index (χ2v) is 13.7. The van der Waals surface area contributed by atoms with Gasteiger partial charge in [-0.1, -0.05) is 153 Å². The first-order valence-electron chi connectivity index (χ1n) is 18.0. The molecule has 0 radical (unpaired) electrons. The Morgan fingerprint density at radius 3 is 1.77 bits per heavy atom. The molecular weight excluding hydrogens is 532 g/mol. The van der Waals surface area contributed by atoms with Gasteiger partial charge in [-0.15, -0.1) is 0 Å². The zero-order chi connectivity index (χ0) is 31.7. The molecule has 0 bridgehead atoms. The number of carbonyl (C=O) groups excluding carboxylic acids is 1. The quantitative estimate of drug-likeness (QED) is 0.0819. The van der Waals surface area contributed by atoms with E-state index in [1.165, 1.54) is 83.5 Å². The fraction of sp³-hybridized carbons (Fsp3) is 0.789. The fourth-order valence-electron chi connectivity index (χ4n) is 7.18. The van der Waals surface area contributed by atoms with Gasteiger partial charge in [0.1, 0.15) is 11.9 Å². The van der Waals surface area contributed by atoms with E-state index in [-0.39, 0.29) is 17.8 Å². The molecule has 43 heavy (non-hydrogen) atoms. The summed E-state index contributed by atoms with van der Waals surface area (Å²) in [5.41, 5.74) is 0.572. The molecule has 0 saturated carbocycles. The average molecular weight is 599 g/mol. The first kappa shape index (κ1) is 37.5. The third-order valence-electron chi connectivity index (χ3n) is 10.7. The zero-order valence-corrected chi connectivity index (χ0v) is 29.0. The number of hydroxylamine groups is 2. The number of benzene rings is 1. The summed E-state index contributed by atoms with van der Waals surface area (Å²) in [7, 11) is 0. The molecule has 0 aliphatic carbocycles. The Kier molecular flexibility index (Phi) is 17.1. The van der Waals surface area contributed by atoms with E-state index in [1.807, 2.05) is 18.2 Å². The van der Waals surface area contributed by atoms with Crippen LogP contribution in [0.4, 0.5) is 0 Å². The Balaban J connectivity index is 1.86. The second-order valence-electron chi connectivity index (χ2n) is 13.7. The summed E-state index contributed by atoms with van der Waals surface area (Å²) < 4.78 is 0. The molecule has 2 rings (SSSR count). The predicted octanol–water partition coefficient (Wildman–Crippen LogP) is 11.2. The van der Waals surface area contributed by atoms with Crippen LogP contribution in [0.25, 0.3) is 0 Å². The van der Waals surface area contributed by atoms with Gasteiger partial charge in [0.2, 0.25) is 0 Å². The van der Waals surface area contributed by atoms with Gasteiger partial charge in [0, 0.05) is 12.0 Å². The topological polar surface area (TPSA) is 62.1 Å². The van der Waals surface area contributed by atoms with Crippen LogP contribution in [0.2, 0.25) is 0 Å². The van der Waals surface area contributed by atoms with Gasteiger partial charge >= 0.3 is 0 Å². The highest BCUT2D eigenvalue weighted by Gasteiger charge is 2.59. The van der Waals surface area contributed by atoms with Crippen molar-refractivity contribution in [2.75, 3.05) is 0 Å². The number of hydrogen-bond acceptors (Lipinski definition) is 5. The van der Waals surface area contributed by atoms with E-state index < -0.39 is 17.0 Å². The maximum atomic E-state index is 13.8. The molecule has 1 fully saturated rings. The summed E-state index contributed by atoms with van der Waals surface area (Å²) in [5.74, 6) is -0.238. The Morgan fingerprint density at radius 1 is 0.837 bits per heavy atom. The van der Waals surface area contributed by atoms with E-state index in [1.54, 1.807) is 0 Å². The molecule has 5 atom stereocenters. The summed E-state index contributed by atoms with van der Waals surface area (Å²) in [4.78, 5) is 20.6. The fourth-order valence-corrected chi connectivity index (χ4v) is 7.18. The Hall–Kier alpha value is -1.72. The zero-order valence-electron chi connectivity index (χ0n) is 29.0. The third kappa shape index (κ3) is 10.4. The monoisotopic (exact) mass is 599 g/mol. The van der Waals surface area contributed by atoms with E-state index in [4.69, 9.17) is 4.84 Å². The van der Waals surface area contributed by atoms with E-state index in [9.17, 15) is 10.0 Å². The molecule has 1 saturated heterocycles. The molecule has 0 spiro atoms. The van der Waals surface area contributed by atoms with E-state index >= 15 is 0 Å². The number of carbonyl (C=O) groups is 1. The Bertz CT molecular complexity index is 934. The van der Waals surface area contributed by atoms with Crippen LogP contribution in [0.5, 0.6) is 0 Å². The van der Waals surface area contributed by atoms with E-state index in [2.05, 4.69) is 70.8 Å². The molecule has 5 nitrogen and oxygen atoms in total. The van der Waals surface area contributed by atoms with Crippen LogP contribution in [-0.4, -0.2) is 32.8 Å². The van der Waals surface area contributed by atoms with Gasteiger partial charge in [0.05, 0.1) is 17.2 Å². The van der Waals surface area contributed by atoms with Crippen molar-refractivity contribution in [3.05, 3.63) is 35.9 Å². The van der Waals surface area contributed by atoms with Crippen LogP contribution < -0.4 is 0 Å². The summed E-state index contributed by atoms with van der Waals surface area (Å²) in [6, 6.07) is 10.2. The maximum absolute atomic E-state index is 13.8. The third-order valence-corrected chi connectivity index (χ3v) is 10.7. The van der Waals surface area contributed by atoms with Crippen molar-refractivity contribution in [2.24, 2.45) is 17.0 Å². The lowest BCUT2D eigenvalue weighted by atomic mass is 9.62. The number of nitrogens with zero attached hydrogens (tertiary/aromatic N) is 2. The predicted molar refractivity (Wildman–Crippen MR) is 182 cm³/mol. The molecule has 0 amide bonds.